The Kier molecular flexibility index (Phi) is 6.02. The minimum Gasteiger partial charge on any atom is -0.466 e. The molecule has 28 heavy (non-hydrogen) atoms. The predicted molar refractivity (Wildman–Crippen MR) is 103 cm³/mol. The molecule has 0 fully saturated rings. The van der Waals surface area contributed by atoms with Crippen LogP contribution in [-0.2, 0) is 14.3 Å². The van der Waals surface area contributed by atoms with Gasteiger partial charge in [-0.25, -0.2) is 9.78 Å². The van der Waals surface area contributed by atoms with Crippen LogP contribution in [-0.4, -0.2) is 59.6 Å². The highest BCUT2D eigenvalue weighted by molar-refractivity contribution is 7.13. The molecule has 0 aliphatic carbocycles. The van der Waals surface area contributed by atoms with E-state index in [0.29, 0.717) is 10.8 Å². The van der Waals surface area contributed by atoms with E-state index < -0.39 is 17.8 Å². The Morgan fingerprint density at radius 1 is 1.36 bits per heavy atom. The molecule has 0 spiro atoms. The molecule has 3 rings (SSSR count). The molecule has 2 heterocycles. The lowest BCUT2D eigenvalue weighted by Crippen LogP contribution is -2.31. The molecule has 0 unspecified atom stereocenters. The van der Waals surface area contributed by atoms with Crippen LogP contribution in [0.15, 0.2) is 47.1 Å². The molecule has 146 valence electrons. The Morgan fingerprint density at radius 2 is 2.14 bits per heavy atom. The van der Waals surface area contributed by atoms with Gasteiger partial charge in [0.15, 0.2) is 5.13 Å². The molecular formula is C18H18N4O5S. The molecule has 1 aromatic heterocycles. The number of nitrogens with zero attached hydrogens (tertiary/aromatic N) is 2. The number of hydrogen-bond donors (Lipinski definition) is 3. The monoisotopic (exact) mass is 402 g/mol. The van der Waals surface area contributed by atoms with Gasteiger partial charge in [-0.05, 0) is 12.1 Å². The fraction of sp³-hybridized carbons (Fsp3) is 0.222. The lowest BCUT2D eigenvalue weighted by molar-refractivity contribution is -0.136. The van der Waals surface area contributed by atoms with Crippen molar-refractivity contribution in [1.82, 2.24) is 9.88 Å². The summed E-state index contributed by atoms with van der Waals surface area (Å²) in [6.07, 6.45) is 1.57. The first-order valence-corrected chi connectivity index (χ1v) is 9.21. The van der Waals surface area contributed by atoms with E-state index in [2.05, 4.69) is 15.6 Å². The molecule has 2 aromatic rings. The van der Waals surface area contributed by atoms with Gasteiger partial charge in [-0.2, -0.15) is 0 Å². The SMILES string of the molecule is COC(=O)C1=C(Nc2ccccc2C(=O)Nc2nccs2)C(=O)N(CCO)C1. The topological polar surface area (TPSA) is 121 Å². The van der Waals surface area contributed by atoms with Crippen LogP contribution < -0.4 is 10.6 Å². The number of aromatic nitrogens is 1. The molecule has 10 heteroatoms. The van der Waals surface area contributed by atoms with Crippen molar-refractivity contribution in [2.45, 2.75) is 0 Å². The van der Waals surface area contributed by atoms with Crippen molar-refractivity contribution in [2.24, 2.45) is 0 Å². The van der Waals surface area contributed by atoms with Crippen molar-refractivity contribution in [3.05, 3.63) is 52.7 Å². The second kappa shape index (κ2) is 8.63. The number of rotatable bonds is 7. The summed E-state index contributed by atoms with van der Waals surface area (Å²) in [6, 6.07) is 6.60. The van der Waals surface area contributed by atoms with Gasteiger partial charge in [0.05, 0.1) is 37.1 Å². The van der Waals surface area contributed by atoms with Crippen molar-refractivity contribution in [3.8, 4) is 0 Å². The number of β-amino-alcohol motifs (C(OH)–C–C–N with tert-alkyl or cyclic N) is 1. The van der Waals surface area contributed by atoms with Gasteiger partial charge in [-0.3, -0.25) is 14.9 Å². The fourth-order valence-electron chi connectivity index (χ4n) is 2.72. The quantitative estimate of drug-likeness (QED) is 0.592. The van der Waals surface area contributed by atoms with E-state index in [9.17, 15) is 14.4 Å². The van der Waals surface area contributed by atoms with Crippen molar-refractivity contribution in [1.29, 1.82) is 0 Å². The standard InChI is InChI=1S/C18H18N4O5S/c1-27-17(26)12-10-22(7-8-23)16(25)14(12)20-13-5-3-2-4-11(13)15(24)21-18-19-6-9-28-18/h2-6,9,20,23H,7-8,10H2,1H3,(H,19,21,24). The Balaban J connectivity index is 1.90. The molecule has 2 amide bonds. The van der Waals surface area contributed by atoms with Gasteiger partial charge in [0, 0.05) is 18.1 Å². The van der Waals surface area contributed by atoms with Crippen LogP contribution in [0.3, 0.4) is 0 Å². The number of hydrogen-bond acceptors (Lipinski definition) is 8. The number of aliphatic hydroxyl groups excluding tert-OH is 1. The van der Waals surface area contributed by atoms with Crippen LogP contribution in [0, 0.1) is 0 Å². The first-order chi connectivity index (χ1) is 13.5. The zero-order valence-corrected chi connectivity index (χ0v) is 15.8. The molecule has 3 N–H and O–H groups in total. The smallest absolute Gasteiger partial charge is 0.337 e. The molecule has 0 radical (unpaired) electrons. The van der Waals surface area contributed by atoms with Crippen molar-refractivity contribution < 1.29 is 24.2 Å². The van der Waals surface area contributed by atoms with Gasteiger partial charge in [-0.1, -0.05) is 12.1 Å². The van der Waals surface area contributed by atoms with Crippen LogP contribution in [0.4, 0.5) is 10.8 Å². The highest BCUT2D eigenvalue weighted by atomic mass is 32.1. The van der Waals surface area contributed by atoms with Gasteiger partial charge >= 0.3 is 5.97 Å². The number of benzene rings is 1. The predicted octanol–water partition coefficient (Wildman–Crippen LogP) is 1.07. The molecular weight excluding hydrogens is 384 g/mol. The van der Waals surface area contributed by atoms with Crippen LogP contribution in [0.2, 0.25) is 0 Å². The van der Waals surface area contributed by atoms with E-state index in [-0.39, 0.29) is 36.5 Å². The second-order valence-corrected chi connectivity index (χ2v) is 6.65. The molecule has 0 saturated heterocycles. The van der Waals surface area contributed by atoms with E-state index in [1.807, 2.05) is 0 Å². The summed E-state index contributed by atoms with van der Waals surface area (Å²) in [7, 11) is 1.22. The average Bonchev–Trinajstić information content (AvgIpc) is 3.31. The summed E-state index contributed by atoms with van der Waals surface area (Å²) in [6.45, 7) is -0.140. The number of aliphatic hydroxyl groups is 1. The lowest BCUT2D eigenvalue weighted by atomic mass is 10.1. The van der Waals surface area contributed by atoms with E-state index >= 15 is 0 Å². The summed E-state index contributed by atoms with van der Waals surface area (Å²) < 4.78 is 4.76. The van der Waals surface area contributed by atoms with Crippen LogP contribution in [0.25, 0.3) is 0 Å². The normalized spacial score (nSPS) is 13.6. The number of amides is 2. The Bertz CT molecular complexity index is 926. The van der Waals surface area contributed by atoms with E-state index in [1.165, 1.54) is 23.3 Å². The van der Waals surface area contributed by atoms with Crippen molar-refractivity contribution in [2.75, 3.05) is 37.4 Å². The maximum Gasteiger partial charge on any atom is 0.337 e. The zero-order valence-electron chi connectivity index (χ0n) is 15.0. The molecule has 1 aromatic carbocycles. The Morgan fingerprint density at radius 3 is 2.82 bits per heavy atom. The van der Waals surface area contributed by atoms with Crippen LogP contribution in [0.1, 0.15) is 10.4 Å². The summed E-state index contributed by atoms with van der Waals surface area (Å²) in [5.41, 5.74) is 0.792. The number of methoxy groups -OCH3 is 1. The third-order valence-corrected chi connectivity index (χ3v) is 4.73. The molecule has 0 saturated carbocycles. The number of thiazole rings is 1. The molecule has 0 atom stereocenters. The number of anilines is 2. The minimum absolute atomic E-state index is 0.0158. The first-order valence-electron chi connectivity index (χ1n) is 8.33. The van der Waals surface area contributed by atoms with Gasteiger partial charge in [0.25, 0.3) is 11.8 Å². The highest BCUT2D eigenvalue weighted by Crippen LogP contribution is 2.25. The third kappa shape index (κ3) is 4.02. The van der Waals surface area contributed by atoms with Gasteiger partial charge in [-0.15, -0.1) is 11.3 Å². The highest BCUT2D eigenvalue weighted by Gasteiger charge is 2.34. The third-order valence-electron chi connectivity index (χ3n) is 4.04. The van der Waals surface area contributed by atoms with Crippen LogP contribution in [0.5, 0.6) is 0 Å². The maximum absolute atomic E-state index is 12.6. The second-order valence-electron chi connectivity index (χ2n) is 5.76. The van der Waals surface area contributed by atoms with Crippen molar-refractivity contribution >= 4 is 39.9 Å². The average molecular weight is 402 g/mol. The maximum atomic E-state index is 12.6. The molecule has 1 aliphatic heterocycles. The lowest BCUT2D eigenvalue weighted by Gasteiger charge is -2.16. The molecule has 9 nitrogen and oxygen atoms in total. The number of nitrogens with one attached hydrogen (secondary N) is 2. The zero-order chi connectivity index (χ0) is 20.1. The summed E-state index contributed by atoms with van der Waals surface area (Å²) in [5, 5.41) is 16.9. The molecule has 0 bridgehead atoms. The molecule has 1 aliphatic rings. The number of esters is 1. The van der Waals surface area contributed by atoms with Gasteiger partial charge in [0.1, 0.15) is 5.70 Å². The number of para-hydroxylation sites is 1. The van der Waals surface area contributed by atoms with Gasteiger partial charge < -0.3 is 20.1 Å². The van der Waals surface area contributed by atoms with Gasteiger partial charge in [0.2, 0.25) is 0 Å². The number of carbonyl (C=O) groups excluding carboxylic acids is 3. The minimum atomic E-state index is -0.652. The Hall–Kier alpha value is -3.24. The Labute approximate surface area is 164 Å². The summed E-state index contributed by atoms with van der Waals surface area (Å²) in [5.74, 6) is -1.51. The first kappa shape index (κ1) is 19.5. The number of ether oxygens (including phenoxy) is 1. The van der Waals surface area contributed by atoms with Crippen molar-refractivity contribution in [3.63, 3.8) is 0 Å². The van der Waals surface area contributed by atoms with E-state index in [1.54, 1.807) is 35.8 Å². The van der Waals surface area contributed by atoms with E-state index in [0.717, 1.165) is 0 Å². The van der Waals surface area contributed by atoms with E-state index in [4.69, 9.17) is 9.84 Å². The van der Waals surface area contributed by atoms with Crippen LogP contribution >= 0.6 is 11.3 Å². The largest absolute Gasteiger partial charge is 0.466 e. The summed E-state index contributed by atoms with van der Waals surface area (Å²) >= 11 is 1.28. The number of carbonyl (C=O) groups is 3. The summed E-state index contributed by atoms with van der Waals surface area (Å²) in [4.78, 5) is 42.7. The fourth-order valence-corrected chi connectivity index (χ4v) is 3.25.